The molecule has 4 rings (SSSR count). The van der Waals surface area contributed by atoms with Crippen LogP contribution >= 0.6 is 0 Å². The molecule has 0 saturated carbocycles. The number of piperidine rings is 2. The molecule has 25 heavy (non-hydrogen) atoms. The number of nitrogens with zero attached hydrogens (tertiary/aromatic N) is 4. The van der Waals surface area contributed by atoms with Gasteiger partial charge < -0.3 is 20.3 Å². The number of aromatic nitrogens is 1. The molecule has 3 fully saturated rings. The van der Waals surface area contributed by atoms with Crippen molar-refractivity contribution >= 4 is 23.4 Å². The molecule has 3 aliphatic rings. The minimum atomic E-state index is -0.543. The summed E-state index contributed by atoms with van der Waals surface area (Å²) in [5, 5.41) is 10.9. The predicted molar refractivity (Wildman–Crippen MR) is 92.4 cm³/mol. The number of pyridine rings is 1. The summed E-state index contributed by atoms with van der Waals surface area (Å²) in [4.78, 5) is 30.8. The normalized spacial score (nSPS) is 22.8. The third-order valence-electron chi connectivity index (χ3n) is 4.54. The number of hydrogen-bond donors (Lipinski definition) is 1. The fraction of sp³-hybridized carbons (Fsp3) is 0.625. The lowest BCUT2D eigenvalue weighted by molar-refractivity contribution is -0.384. The van der Waals surface area contributed by atoms with Gasteiger partial charge in [0.1, 0.15) is 11.4 Å². The number of nitrogen functional groups attached to an aromatic ring is 1. The molecule has 0 spiro atoms. The summed E-state index contributed by atoms with van der Waals surface area (Å²) in [5.41, 5.74) is 4.99. The first-order valence-electron chi connectivity index (χ1n) is 8.33. The molecule has 9 nitrogen and oxygen atoms in total. The first-order chi connectivity index (χ1) is 11.7. The van der Waals surface area contributed by atoms with Gasteiger partial charge in [-0.2, -0.15) is 0 Å². The summed E-state index contributed by atoms with van der Waals surface area (Å²) in [6.45, 7) is 6.72. The fourth-order valence-electron chi connectivity index (χ4n) is 3.42. The number of piperazine rings is 1. The number of carbonyl (C=O) groups is 1. The van der Waals surface area contributed by atoms with Gasteiger partial charge in [-0.3, -0.25) is 10.1 Å². The first-order valence-corrected chi connectivity index (χ1v) is 8.33. The molecule has 9 heteroatoms. The zero-order valence-corrected chi connectivity index (χ0v) is 14.6. The van der Waals surface area contributed by atoms with E-state index in [0.717, 1.165) is 12.8 Å². The molecule has 3 aliphatic heterocycles. The standard InChI is InChI=1S/C16H23N5O4/c1-16(2,3)25-15(22)20-9-10-4-5-11(20)8-19(10)13-7-6-12(21(23)24)14(17)18-13/h6-7,10-11H,4-5,8-9H2,1-3H3,(H2,17,18)/t10-,11-/m0/s1. The van der Waals surface area contributed by atoms with Crippen molar-refractivity contribution in [2.45, 2.75) is 51.3 Å². The van der Waals surface area contributed by atoms with Crippen LogP contribution in [0.2, 0.25) is 0 Å². The highest BCUT2D eigenvalue weighted by Gasteiger charge is 2.43. The van der Waals surface area contributed by atoms with Gasteiger partial charge in [0.25, 0.3) is 0 Å². The molecular formula is C16H23N5O4. The zero-order valence-electron chi connectivity index (χ0n) is 14.6. The van der Waals surface area contributed by atoms with Crippen molar-refractivity contribution in [3.8, 4) is 0 Å². The third kappa shape index (κ3) is 3.45. The molecule has 2 bridgehead atoms. The molecule has 1 aromatic rings. The number of nitrogens with two attached hydrogens (primary N) is 1. The summed E-state index contributed by atoms with van der Waals surface area (Å²) in [5.74, 6) is 0.523. The van der Waals surface area contributed by atoms with E-state index in [1.807, 2.05) is 20.8 Å². The Kier molecular flexibility index (Phi) is 4.18. The molecule has 0 unspecified atom stereocenters. The SMILES string of the molecule is CC(C)(C)OC(=O)N1C[C@@H]2CC[C@H]1CN2c1ccc([N+](=O)[O-])c(N)n1. The van der Waals surface area contributed by atoms with Gasteiger partial charge in [-0.15, -0.1) is 0 Å². The topological polar surface area (TPSA) is 115 Å². The van der Waals surface area contributed by atoms with Gasteiger partial charge in [0, 0.05) is 25.2 Å². The van der Waals surface area contributed by atoms with Crippen molar-refractivity contribution in [3.05, 3.63) is 22.2 Å². The van der Waals surface area contributed by atoms with Crippen LogP contribution in [0.4, 0.5) is 22.1 Å². The van der Waals surface area contributed by atoms with Crippen LogP contribution in [0, 0.1) is 10.1 Å². The molecule has 0 radical (unpaired) electrons. The van der Waals surface area contributed by atoms with E-state index >= 15 is 0 Å². The van der Waals surface area contributed by atoms with Crippen LogP contribution in [0.15, 0.2) is 12.1 Å². The lowest BCUT2D eigenvalue weighted by atomic mass is 9.91. The zero-order chi connectivity index (χ0) is 18.4. The summed E-state index contributed by atoms with van der Waals surface area (Å²) >= 11 is 0. The number of carbonyl (C=O) groups excluding carboxylic acids is 1. The Labute approximate surface area is 145 Å². The molecule has 3 saturated heterocycles. The maximum Gasteiger partial charge on any atom is 0.410 e. The maximum atomic E-state index is 12.4. The number of rotatable bonds is 2. The Morgan fingerprint density at radius 1 is 1.32 bits per heavy atom. The fourth-order valence-corrected chi connectivity index (χ4v) is 3.42. The molecule has 2 N–H and O–H groups in total. The molecule has 1 aromatic heterocycles. The highest BCUT2D eigenvalue weighted by molar-refractivity contribution is 5.70. The van der Waals surface area contributed by atoms with E-state index < -0.39 is 10.5 Å². The van der Waals surface area contributed by atoms with Crippen LogP contribution in [0.1, 0.15) is 33.6 Å². The quantitative estimate of drug-likeness (QED) is 0.642. The largest absolute Gasteiger partial charge is 0.444 e. The lowest BCUT2D eigenvalue weighted by Gasteiger charge is -2.51. The predicted octanol–water partition coefficient (Wildman–Crippen LogP) is 2.16. The van der Waals surface area contributed by atoms with Crippen molar-refractivity contribution < 1.29 is 14.5 Å². The molecule has 0 aliphatic carbocycles. The molecule has 4 heterocycles. The van der Waals surface area contributed by atoms with E-state index in [1.54, 1.807) is 11.0 Å². The molecule has 2 atom stereocenters. The van der Waals surface area contributed by atoms with Crippen LogP contribution in [0.5, 0.6) is 0 Å². The van der Waals surface area contributed by atoms with Gasteiger partial charge in [-0.05, 0) is 39.7 Å². The monoisotopic (exact) mass is 349 g/mol. The second-order valence-electron chi connectivity index (χ2n) is 7.50. The van der Waals surface area contributed by atoms with Crippen LogP contribution in [0.25, 0.3) is 0 Å². The van der Waals surface area contributed by atoms with E-state index in [4.69, 9.17) is 10.5 Å². The van der Waals surface area contributed by atoms with Crippen molar-refractivity contribution in [1.82, 2.24) is 9.88 Å². The molecule has 0 aromatic carbocycles. The Balaban J connectivity index is 1.75. The first kappa shape index (κ1) is 17.2. The Morgan fingerprint density at radius 2 is 2.00 bits per heavy atom. The van der Waals surface area contributed by atoms with E-state index in [2.05, 4.69) is 9.88 Å². The minimum Gasteiger partial charge on any atom is -0.444 e. The minimum absolute atomic E-state index is 0.0399. The van der Waals surface area contributed by atoms with Crippen molar-refractivity contribution in [1.29, 1.82) is 0 Å². The number of nitro groups is 1. The highest BCUT2D eigenvalue weighted by Crippen LogP contribution is 2.34. The number of ether oxygens (including phenoxy) is 1. The van der Waals surface area contributed by atoms with Crippen LogP contribution < -0.4 is 10.6 Å². The molecule has 1 amide bonds. The number of hydrogen-bond acceptors (Lipinski definition) is 7. The van der Waals surface area contributed by atoms with Gasteiger partial charge in [0.15, 0.2) is 0 Å². The summed E-state index contributed by atoms with van der Waals surface area (Å²) < 4.78 is 5.49. The average molecular weight is 349 g/mol. The van der Waals surface area contributed by atoms with Crippen LogP contribution in [0.3, 0.4) is 0 Å². The Bertz CT molecular complexity index is 702. The van der Waals surface area contributed by atoms with Crippen molar-refractivity contribution in [3.63, 3.8) is 0 Å². The molecular weight excluding hydrogens is 326 g/mol. The van der Waals surface area contributed by atoms with Crippen molar-refractivity contribution in [2.75, 3.05) is 23.7 Å². The summed E-state index contributed by atoms with van der Waals surface area (Å²) in [7, 11) is 0. The van der Waals surface area contributed by atoms with Crippen molar-refractivity contribution in [2.24, 2.45) is 0 Å². The lowest BCUT2D eigenvalue weighted by Crippen LogP contribution is -2.64. The smallest absolute Gasteiger partial charge is 0.410 e. The average Bonchev–Trinajstić information content (AvgIpc) is 2.53. The van der Waals surface area contributed by atoms with Crippen LogP contribution in [-0.4, -0.2) is 51.7 Å². The summed E-state index contributed by atoms with van der Waals surface area (Å²) in [6.07, 6.45) is 1.55. The van der Waals surface area contributed by atoms with E-state index in [9.17, 15) is 14.9 Å². The van der Waals surface area contributed by atoms with Crippen LogP contribution in [-0.2, 0) is 4.74 Å². The van der Waals surface area contributed by atoms with Gasteiger partial charge in [0.2, 0.25) is 5.82 Å². The number of anilines is 2. The maximum absolute atomic E-state index is 12.4. The molecule has 136 valence electrons. The van der Waals surface area contributed by atoms with Gasteiger partial charge in [-0.1, -0.05) is 0 Å². The highest BCUT2D eigenvalue weighted by atomic mass is 16.6. The second kappa shape index (κ2) is 6.05. The third-order valence-corrected chi connectivity index (χ3v) is 4.54. The van der Waals surface area contributed by atoms with Gasteiger partial charge in [-0.25, -0.2) is 9.78 Å². The van der Waals surface area contributed by atoms with Gasteiger partial charge >= 0.3 is 11.8 Å². The number of fused-ring (bicyclic) bond motifs is 3. The van der Waals surface area contributed by atoms with E-state index in [-0.39, 0.29) is 29.7 Å². The van der Waals surface area contributed by atoms with Gasteiger partial charge in [0.05, 0.1) is 11.0 Å². The number of amides is 1. The second-order valence-corrected chi connectivity index (χ2v) is 7.50. The Morgan fingerprint density at radius 3 is 2.52 bits per heavy atom. The van der Waals surface area contributed by atoms with E-state index in [1.165, 1.54) is 6.07 Å². The Hall–Kier alpha value is -2.58. The summed E-state index contributed by atoms with van der Waals surface area (Å²) in [6, 6.07) is 3.14. The van der Waals surface area contributed by atoms with E-state index in [0.29, 0.717) is 18.9 Å².